The zero-order chi connectivity index (χ0) is 18.4. The fourth-order valence-corrected chi connectivity index (χ4v) is 2.86. The van der Waals surface area contributed by atoms with Crippen LogP contribution in [0.4, 0.5) is 0 Å². The first-order valence-corrected chi connectivity index (χ1v) is 8.49. The maximum absolute atomic E-state index is 13.2. The monoisotopic (exact) mass is 344 g/mol. The lowest BCUT2D eigenvalue weighted by atomic mass is 9.76. The van der Waals surface area contributed by atoms with Gasteiger partial charge >= 0.3 is 5.97 Å². The summed E-state index contributed by atoms with van der Waals surface area (Å²) in [5.41, 5.74) is 0.572. The van der Waals surface area contributed by atoms with Crippen molar-refractivity contribution in [3.8, 4) is 0 Å². The Kier molecular flexibility index (Phi) is 5.28. The van der Waals surface area contributed by atoms with E-state index in [1.807, 2.05) is 54.6 Å². The molecule has 0 amide bonds. The highest BCUT2D eigenvalue weighted by atomic mass is 16.5. The molecular formula is C23H20O3. The standard InChI is InChI=1S/C23H20O3/c1-23(20-15-9-4-10-16-20,21(24)19-13-7-3-8-14-19)22(25)26-17-18-11-5-2-6-12-18/h2-16H,17H2,1H3. The predicted octanol–water partition coefficient (Wildman–Crippen LogP) is 4.57. The number of carbonyl (C=O) groups excluding carboxylic acids is 2. The highest BCUT2D eigenvalue weighted by Crippen LogP contribution is 2.30. The molecule has 1 unspecified atom stereocenters. The number of hydrogen-bond acceptors (Lipinski definition) is 3. The van der Waals surface area contributed by atoms with Gasteiger partial charge in [0.15, 0.2) is 11.2 Å². The Balaban J connectivity index is 1.93. The number of esters is 1. The Hall–Kier alpha value is -3.20. The molecule has 1 atom stereocenters. The molecule has 3 nitrogen and oxygen atoms in total. The van der Waals surface area contributed by atoms with Gasteiger partial charge in [-0.2, -0.15) is 0 Å². The van der Waals surface area contributed by atoms with Crippen molar-refractivity contribution in [2.75, 3.05) is 0 Å². The summed E-state index contributed by atoms with van der Waals surface area (Å²) in [6, 6.07) is 27.3. The van der Waals surface area contributed by atoms with Gasteiger partial charge in [0.1, 0.15) is 6.61 Å². The van der Waals surface area contributed by atoms with Crippen LogP contribution in [0.15, 0.2) is 91.0 Å². The van der Waals surface area contributed by atoms with Crippen LogP contribution in [0.5, 0.6) is 0 Å². The summed E-state index contributed by atoms with van der Waals surface area (Å²) >= 11 is 0. The first-order valence-electron chi connectivity index (χ1n) is 8.49. The van der Waals surface area contributed by atoms with E-state index in [9.17, 15) is 9.59 Å². The van der Waals surface area contributed by atoms with Gasteiger partial charge in [-0.05, 0) is 18.1 Å². The summed E-state index contributed by atoms with van der Waals surface area (Å²) in [5.74, 6) is -0.830. The average molecular weight is 344 g/mol. The molecule has 0 radical (unpaired) electrons. The van der Waals surface area contributed by atoms with Crippen LogP contribution in [0.1, 0.15) is 28.4 Å². The topological polar surface area (TPSA) is 43.4 Å². The molecule has 3 aromatic carbocycles. The highest BCUT2D eigenvalue weighted by Gasteiger charge is 2.44. The van der Waals surface area contributed by atoms with Gasteiger partial charge in [0.2, 0.25) is 0 Å². The summed E-state index contributed by atoms with van der Waals surface area (Å²) in [7, 11) is 0. The molecule has 0 N–H and O–H groups in total. The molecule has 0 aliphatic heterocycles. The van der Waals surface area contributed by atoms with E-state index in [0.29, 0.717) is 11.1 Å². The third-order valence-electron chi connectivity index (χ3n) is 4.46. The Morgan fingerprint density at radius 3 is 1.85 bits per heavy atom. The van der Waals surface area contributed by atoms with Gasteiger partial charge in [0.25, 0.3) is 0 Å². The molecule has 0 heterocycles. The summed E-state index contributed by atoms with van der Waals surface area (Å²) < 4.78 is 5.53. The van der Waals surface area contributed by atoms with Crippen molar-refractivity contribution in [2.45, 2.75) is 18.9 Å². The van der Waals surface area contributed by atoms with Crippen molar-refractivity contribution >= 4 is 11.8 Å². The van der Waals surface area contributed by atoms with E-state index < -0.39 is 11.4 Å². The first kappa shape index (κ1) is 17.6. The lowest BCUT2D eigenvalue weighted by Gasteiger charge is -2.26. The molecule has 26 heavy (non-hydrogen) atoms. The number of ketones is 1. The van der Waals surface area contributed by atoms with Gasteiger partial charge in [-0.3, -0.25) is 9.59 Å². The molecular weight excluding hydrogens is 324 g/mol. The second-order valence-electron chi connectivity index (χ2n) is 6.25. The van der Waals surface area contributed by atoms with Crippen LogP contribution >= 0.6 is 0 Å². The van der Waals surface area contributed by atoms with Gasteiger partial charge in [-0.1, -0.05) is 91.0 Å². The average Bonchev–Trinajstić information content (AvgIpc) is 2.73. The van der Waals surface area contributed by atoms with E-state index in [4.69, 9.17) is 4.74 Å². The van der Waals surface area contributed by atoms with Crippen LogP contribution in [-0.4, -0.2) is 11.8 Å². The molecule has 0 saturated heterocycles. The van der Waals surface area contributed by atoms with E-state index in [1.165, 1.54) is 0 Å². The Morgan fingerprint density at radius 1 is 0.769 bits per heavy atom. The lowest BCUT2D eigenvalue weighted by Crippen LogP contribution is -2.42. The minimum absolute atomic E-state index is 0.129. The quantitative estimate of drug-likeness (QED) is 0.374. The van der Waals surface area contributed by atoms with E-state index in [0.717, 1.165) is 5.56 Å². The molecule has 130 valence electrons. The molecule has 0 fully saturated rings. The van der Waals surface area contributed by atoms with Crippen molar-refractivity contribution < 1.29 is 14.3 Å². The van der Waals surface area contributed by atoms with Crippen LogP contribution in [0.2, 0.25) is 0 Å². The fraction of sp³-hybridized carbons (Fsp3) is 0.130. The second kappa shape index (κ2) is 7.79. The third kappa shape index (κ3) is 3.57. The van der Waals surface area contributed by atoms with Crippen LogP contribution in [-0.2, 0) is 21.6 Å². The van der Waals surface area contributed by atoms with Crippen molar-refractivity contribution in [2.24, 2.45) is 0 Å². The maximum Gasteiger partial charge on any atom is 0.324 e. The van der Waals surface area contributed by atoms with Gasteiger partial charge in [0.05, 0.1) is 0 Å². The van der Waals surface area contributed by atoms with Crippen molar-refractivity contribution in [3.05, 3.63) is 108 Å². The maximum atomic E-state index is 13.2. The van der Waals surface area contributed by atoms with E-state index in [-0.39, 0.29) is 12.4 Å². The number of ether oxygens (including phenoxy) is 1. The van der Waals surface area contributed by atoms with Crippen LogP contribution in [0.3, 0.4) is 0 Å². The SMILES string of the molecule is CC(C(=O)OCc1ccccc1)(C(=O)c1ccccc1)c1ccccc1. The fourth-order valence-electron chi connectivity index (χ4n) is 2.86. The predicted molar refractivity (Wildman–Crippen MR) is 101 cm³/mol. The largest absolute Gasteiger partial charge is 0.460 e. The zero-order valence-corrected chi connectivity index (χ0v) is 14.6. The molecule has 0 spiro atoms. The van der Waals surface area contributed by atoms with E-state index in [2.05, 4.69) is 0 Å². The number of hydrogen-bond donors (Lipinski definition) is 0. The molecule has 3 heteroatoms. The Bertz CT molecular complexity index is 873. The molecule has 0 saturated carbocycles. The second-order valence-corrected chi connectivity index (χ2v) is 6.25. The molecule has 0 bridgehead atoms. The third-order valence-corrected chi connectivity index (χ3v) is 4.46. The smallest absolute Gasteiger partial charge is 0.324 e. The normalized spacial score (nSPS) is 12.8. The summed E-state index contributed by atoms with van der Waals surface area (Å²) in [4.78, 5) is 26.2. The zero-order valence-electron chi connectivity index (χ0n) is 14.6. The number of Topliss-reactive ketones (excluding diaryl/α,β-unsaturated/α-hetero) is 1. The van der Waals surface area contributed by atoms with Crippen molar-refractivity contribution in [3.63, 3.8) is 0 Å². The number of benzene rings is 3. The summed E-state index contributed by atoms with van der Waals surface area (Å²) in [5, 5.41) is 0. The van der Waals surface area contributed by atoms with E-state index >= 15 is 0 Å². The Morgan fingerprint density at radius 2 is 1.27 bits per heavy atom. The van der Waals surface area contributed by atoms with Crippen LogP contribution in [0, 0.1) is 0 Å². The number of carbonyl (C=O) groups is 2. The highest BCUT2D eigenvalue weighted by molar-refractivity contribution is 6.16. The van der Waals surface area contributed by atoms with Gasteiger partial charge in [-0.15, -0.1) is 0 Å². The number of rotatable bonds is 6. The van der Waals surface area contributed by atoms with Crippen molar-refractivity contribution in [1.29, 1.82) is 0 Å². The molecule has 0 aliphatic rings. The summed E-state index contributed by atoms with van der Waals surface area (Å²) in [6.45, 7) is 1.76. The van der Waals surface area contributed by atoms with Crippen LogP contribution in [0.25, 0.3) is 0 Å². The first-order chi connectivity index (χ1) is 12.6. The van der Waals surface area contributed by atoms with Crippen LogP contribution < -0.4 is 0 Å². The molecule has 3 aromatic rings. The minimum Gasteiger partial charge on any atom is -0.460 e. The van der Waals surface area contributed by atoms with Gasteiger partial charge in [-0.25, -0.2) is 0 Å². The molecule has 0 aliphatic carbocycles. The molecule has 0 aromatic heterocycles. The minimum atomic E-state index is -1.41. The molecule has 3 rings (SSSR count). The lowest BCUT2D eigenvalue weighted by molar-refractivity contribution is -0.149. The Labute approximate surface area is 153 Å². The van der Waals surface area contributed by atoms with Crippen molar-refractivity contribution in [1.82, 2.24) is 0 Å². The van der Waals surface area contributed by atoms with Gasteiger partial charge in [0, 0.05) is 5.56 Å². The summed E-state index contributed by atoms with van der Waals surface area (Å²) in [6.07, 6.45) is 0. The van der Waals surface area contributed by atoms with Gasteiger partial charge < -0.3 is 4.74 Å². The van der Waals surface area contributed by atoms with E-state index in [1.54, 1.807) is 43.3 Å².